The minimum absolute atomic E-state index is 0.00998. The Morgan fingerprint density at radius 1 is 1.04 bits per heavy atom. The molecule has 1 atom stereocenters. The third kappa shape index (κ3) is 4.21. The average molecular weight is 348 g/mol. The van der Waals surface area contributed by atoms with Crippen molar-refractivity contribution < 1.29 is 9.53 Å². The summed E-state index contributed by atoms with van der Waals surface area (Å²) in [6.07, 6.45) is 0. The second-order valence-electron chi connectivity index (χ2n) is 6.49. The van der Waals surface area contributed by atoms with E-state index in [9.17, 15) is 4.79 Å². The van der Waals surface area contributed by atoms with E-state index in [1.807, 2.05) is 61.3 Å². The number of benzene rings is 3. The molecule has 0 bridgehead atoms. The van der Waals surface area contributed by atoms with Gasteiger partial charge in [-0.2, -0.15) is 0 Å². The van der Waals surface area contributed by atoms with Crippen LogP contribution in [0.25, 0.3) is 10.8 Å². The van der Waals surface area contributed by atoms with Gasteiger partial charge in [-0.3, -0.25) is 9.69 Å². The highest BCUT2D eigenvalue weighted by Crippen LogP contribution is 2.22. The molecule has 0 saturated heterocycles. The number of likely N-dealkylation sites (N-methyl/N-ethyl adjacent to an activating group) is 1. The van der Waals surface area contributed by atoms with Crippen molar-refractivity contribution in [3.05, 3.63) is 72.3 Å². The van der Waals surface area contributed by atoms with Gasteiger partial charge in [-0.05, 0) is 60.6 Å². The molecule has 0 aliphatic rings. The number of methoxy groups -OCH3 is 1. The largest absolute Gasteiger partial charge is 0.497 e. The average Bonchev–Trinajstić information content (AvgIpc) is 2.67. The van der Waals surface area contributed by atoms with Crippen molar-refractivity contribution in [2.45, 2.75) is 19.5 Å². The van der Waals surface area contributed by atoms with Crippen LogP contribution in [0.1, 0.15) is 12.5 Å². The molecule has 3 aromatic rings. The SMILES string of the molecule is COc1ccc2cc(CN(C)[C@H](C)C(=O)Nc3ccccc3)ccc2c1. The Bertz CT molecular complexity index is 893. The van der Waals surface area contributed by atoms with Gasteiger partial charge in [0.2, 0.25) is 5.91 Å². The summed E-state index contributed by atoms with van der Waals surface area (Å²) in [5.41, 5.74) is 1.99. The number of carbonyl (C=O) groups is 1. The molecule has 26 heavy (non-hydrogen) atoms. The van der Waals surface area contributed by atoms with E-state index in [1.165, 1.54) is 5.56 Å². The number of amides is 1. The van der Waals surface area contributed by atoms with E-state index in [2.05, 4.69) is 29.6 Å². The molecule has 0 aromatic heterocycles. The van der Waals surface area contributed by atoms with Crippen molar-refractivity contribution in [2.75, 3.05) is 19.5 Å². The molecule has 0 fully saturated rings. The third-order valence-electron chi connectivity index (χ3n) is 4.63. The van der Waals surface area contributed by atoms with E-state index in [-0.39, 0.29) is 11.9 Å². The number of nitrogens with one attached hydrogen (secondary N) is 1. The Morgan fingerprint density at radius 2 is 1.73 bits per heavy atom. The molecule has 1 N–H and O–H groups in total. The van der Waals surface area contributed by atoms with Crippen molar-refractivity contribution in [2.24, 2.45) is 0 Å². The summed E-state index contributed by atoms with van der Waals surface area (Å²) in [6.45, 7) is 2.62. The van der Waals surface area contributed by atoms with Crippen LogP contribution in [-0.4, -0.2) is 31.0 Å². The lowest BCUT2D eigenvalue weighted by molar-refractivity contribution is -0.120. The number of para-hydroxylation sites is 1. The molecule has 0 aliphatic heterocycles. The molecule has 0 unspecified atom stereocenters. The number of carbonyl (C=O) groups excluding carboxylic acids is 1. The van der Waals surface area contributed by atoms with E-state index in [0.717, 1.165) is 22.2 Å². The summed E-state index contributed by atoms with van der Waals surface area (Å²) in [6, 6.07) is 21.7. The highest BCUT2D eigenvalue weighted by Gasteiger charge is 2.18. The smallest absolute Gasteiger partial charge is 0.241 e. The molecule has 0 spiro atoms. The fraction of sp³-hybridized carbons (Fsp3) is 0.227. The van der Waals surface area contributed by atoms with E-state index < -0.39 is 0 Å². The van der Waals surface area contributed by atoms with Gasteiger partial charge in [0.25, 0.3) is 0 Å². The number of fused-ring (bicyclic) bond motifs is 1. The summed E-state index contributed by atoms with van der Waals surface area (Å²) in [5.74, 6) is 0.845. The highest BCUT2D eigenvalue weighted by molar-refractivity contribution is 5.94. The van der Waals surface area contributed by atoms with Crippen molar-refractivity contribution in [1.82, 2.24) is 4.90 Å². The molecule has 4 heteroatoms. The second kappa shape index (κ2) is 8.02. The highest BCUT2D eigenvalue weighted by atomic mass is 16.5. The predicted molar refractivity (Wildman–Crippen MR) is 107 cm³/mol. The molecule has 3 aromatic carbocycles. The summed E-state index contributed by atoms with van der Waals surface area (Å²) >= 11 is 0. The zero-order valence-electron chi connectivity index (χ0n) is 15.4. The Hall–Kier alpha value is -2.85. The van der Waals surface area contributed by atoms with Gasteiger partial charge >= 0.3 is 0 Å². The Labute approximate surface area is 154 Å². The van der Waals surface area contributed by atoms with Crippen LogP contribution in [-0.2, 0) is 11.3 Å². The maximum Gasteiger partial charge on any atom is 0.241 e. The van der Waals surface area contributed by atoms with Crippen LogP contribution in [0, 0.1) is 0 Å². The molecular formula is C22H24N2O2. The summed E-state index contributed by atoms with van der Waals surface area (Å²) in [7, 11) is 3.64. The molecule has 0 saturated carbocycles. The fourth-order valence-electron chi connectivity index (χ4n) is 2.89. The molecule has 0 aliphatic carbocycles. The molecule has 0 heterocycles. The van der Waals surface area contributed by atoms with Gasteiger partial charge < -0.3 is 10.1 Å². The van der Waals surface area contributed by atoms with Crippen LogP contribution in [0.4, 0.5) is 5.69 Å². The van der Waals surface area contributed by atoms with Gasteiger partial charge in [-0.1, -0.05) is 36.4 Å². The van der Waals surface area contributed by atoms with Gasteiger partial charge in [0.05, 0.1) is 13.2 Å². The lowest BCUT2D eigenvalue weighted by atomic mass is 10.1. The van der Waals surface area contributed by atoms with Crippen LogP contribution in [0.15, 0.2) is 66.7 Å². The number of anilines is 1. The Kier molecular flexibility index (Phi) is 5.54. The second-order valence-corrected chi connectivity index (χ2v) is 6.49. The predicted octanol–water partition coefficient (Wildman–Crippen LogP) is 4.31. The molecule has 1 amide bonds. The minimum atomic E-state index is -0.234. The number of nitrogens with zero attached hydrogens (tertiary/aromatic N) is 1. The quantitative estimate of drug-likeness (QED) is 0.722. The fourth-order valence-corrected chi connectivity index (χ4v) is 2.89. The lowest BCUT2D eigenvalue weighted by Gasteiger charge is -2.24. The van der Waals surface area contributed by atoms with Gasteiger partial charge in [0, 0.05) is 12.2 Å². The van der Waals surface area contributed by atoms with Crippen LogP contribution >= 0.6 is 0 Å². The van der Waals surface area contributed by atoms with Gasteiger partial charge in [-0.15, -0.1) is 0 Å². The van der Waals surface area contributed by atoms with Gasteiger partial charge in [0.1, 0.15) is 5.75 Å². The lowest BCUT2D eigenvalue weighted by Crippen LogP contribution is -2.39. The van der Waals surface area contributed by atoms with Gasteiger partial charge in [0.15, 0.2) is 0 Å². The number of ether oxygens (including phenoxy) is 1. The first-order chi connectivity index (χ1) is 12.6. The van der Waals surface area contributed by atoms with Crippen LogP contribution in [0.2, 0.25) is 0 Å². The molecular weight excluding hydrogens is 324 g/mol. The summed E-state index contributed by atoms with van der Waals surface area (Å²) < 4.78 is 5.27. The topological polar surface area (TPSA) is 41.6 Å². The molecule has 4 nitrogen and oxygen atoms in total. The zero-order chi connectivity index (χ0) is 18.5. The Morgan fingerprint density at radius 3 is 2.46 bits per heavy atom. The maximum absolute atomic E-state index is 12.5. The third-order valence-corrected chi connectivity index (χ3v) is 4.63. The van der Waals surface area contributed by atoms with Crippen molar-refractivity contribution in [1.29, 1.82) is 0 Å². The zero-order valence-corrected chi connectivity index (χ0v) is 15.4. The van der Waals surface area contributed by atoms with Crippen molar-refractivity contribution in [3.63, 3.8) is 0 Å². The van der Waals surface area contributed by atoms with E-state index in [4.69, 9.17) is 4.74 Å². The van der Waals surface area contributed by atoms with Crippen molar-refractivity contribution in [3.8, 4) is 5.75 Å². The monoisotopic (exact) mass is 348 g/mol. The maximum atomic E-state index is 12.5. The first-order valence-electron chi connectivity index (χ1n) is 8.69. The van der Waals surface area contributed by atoms with Crippen molar-refractivity contribution >= 4 is 22.4 Å². The molecule has 134 valence electrons. The van der Waals surface area contributed by atoms with Crippen LogP contribution in [0.3, 0.4) is 0 Å². The van der Waals surface area contributed by atoms with E-state index in [1.54, 1.807) is 7.11 Å². The molecule has 3 rings (SSSR count). The first-order valence-corrected chi connectivity index (χ1v) is 8.69. The van der Waals surface area contributed by atoms with Gasteiger partial charge in [-0.25, -0.2) is 0 Å². The summed E-state index contributed by atoms with van der Waals surface area (Å²) in [5, 5.41) is 5.27. The molecule has 0 radical (unpaired) electrons. The Balaban J connectivity index is 1.67. The van der Waals surface area contributed by atoms with Crippen LogP contribution < -0.4 is 10.1 Å². The number of rotatable bonds is 6. The normalized spacial score (nSPS) is 12.2. The number of hydrogen-bond acceptors (Lipinski definition) is 3. The van der Waals surface area contributed by atoms with Crippen LogP contribution in [0.5, 0.6) is 5.75 Å². The first kappa shape index (κ1) is 18.0. The standard InChI is InChI=1S/C22H24N2O2/c1-16(22(25)23-20-7-5-4-6-8-20)24(2)15-17-9-10-19-14-21(26-3)12-11-18(19)13-17/h4-14,16H,15H2,1-3H3,(H,23,25)/t16-/m1/s1. The van der Waals surface area contributed by atoms with E-state index >= 15 is 0 Å². The van der Waals surface area contributed by atoms with E-state index in [0.29, 0.717) is 6.54 Å². The minimum Gasteiger partial charge on any atom is -0.497 e. The number of hydrogen-bond donors (Lipinski definition) is 1. The summed E-state index contributed by atoms with van der Waals surface area (Å²) in [4.78, 5) is 14.5.